The molecule has 0 spiro atoms. The predicted octanol–water partition coefficient (Wildman–Crippen LogP) is 3.13. The Morgan fingerprint density at radius 3 is 2.60 bits per heavy atom. The van der Waals surface area contributed by atoms with Crippen molar-refractivity contribution in [2.45, 2.75) is 51.9 Å². The standard InChI is InChI=1S/C13H22O2/c1-9-8-13(3,11-6-5-7-11)15-12(14-4)10(9)2/h8,10-12H,5-7H2,1-4H3. The molecule has 0 aromatic heterocycles. The molecule has 3 unspecified atom stereocenters. The normalized spacial score (nSPS) is 42.3. The van der Waals surface area contributed by atoms with Crippen LogP contribution in [0.4, 0.5) is 0 Å². The number of hydrogen-bond acceptors (Lipinski definition) is 2. The highest BCUT2D eigenvalue weighted by atomic mass is 16.7. The first kappa shape index (κ1) is 11.2. The fourth-order valence-electron chi connectivity index (χ4n) is 2.63. The van der Waals surface area contributed by atoms with E-state index in [2.05, 4.69) is 26.8 Å². The summed E-state index contributed by atoms with van der Waals surface area (Å²) in [7, 11) is 1.74. The van der Waals surface area contributed by atoms with Gasteiger partial charge in [-0.05, 0) is 32.6 Å². The second kappa shape index (κ2) is 3.91. The zero-order valence-electron chi connectivity index (χ0n) is 10.2. The summed E-state index contributed by atoms with van der Waals surface area (Å²) in [4.78, 5) is 0. The highest BCUT2D eigenvalue weighted by Gasteiger charge is 2.43. The first-order valence-corrected chi connectivity index (χ1v) is 5.97. The van der Waals surface area contributed by atoms with Crippen molar-refractivity contribution in [3.05, 3.63) is 11.6 Å². The molecule has 0 aromatic rings. The molecule has 15 heavy (non-hydrogen) atoms. The van der Waals surface area contributed by atoms with Gasteiger partial charge < -0.3 is 9.47 Å². The van der Waals surface area contributed by atoms with Crippen molar-refractivity contribution < 1.29 is 9.47 Å². The predicted molar refractivity (Wildman–Crippen MR) is 60.5 cm³/mol. The number of ether oxygens (including phenoxy) is 2. The molecular formula is C13H22O2. The molecule has 1 fully saturated rings. The van der Waals surface area contributed by atoms with Crippen LogP contribution in [0.1, 0.15) is 40.0 Å². The zero-order valence-corrected chi connectivity index (χ0v) is 10.2. The van der Waals surface area contributed by atoms with Crippen LogP contribution in [0.15, 0.2) is 11.6 Å². The monoisotopic (exact) mass is 210 g/mol. The summed E-state index contributed by atoms with van der Waals surface area (Å²) in [6.45, 7) is 6.56. The van der Waals surface area contributed by atoms with E-state index in [9.17, 15) is 0 Å². The van der Waals surface area contributed by atoms with Gasteiger partial charge in [0.05, 0.1) is 5.60 Å². The Kier molecular flexibility index (Phi) is 2.91. The van der Waals surface area contributed by atoms with Gasteiger partial charge in [0.1, 0.15) is 0 Å². The van der Waals surface area contributed by atoms with Gasteiger partial charge in [-0.1, -0.05) is 25.0 Å². The number of hydrogen-bond donors (Lipinski definition) is 0. The smallest absolute Gasteiger partial charge is 0.164 e. The highest BCUT2D eigenvalue weighted by molar-refractivity contribution is 5.17. The Bertz CT molecular complexity index is 268. The first-order chi connectivity index (χ1) is 7.07. The van der Waals surface area contributed by atoms with Crippen LogP contribution in [-0.2, 0) is 9.47 Å². The lowest BCUT2D eigenvalue weighted by atomic mass is 9.71. The Morgan fingerprint density at radius 1 is 1.47 bits per heavy atom. The molecule has 0 radical (unpaired) electrons. The summed E-state index contributed by atoms with van der Waals surface area (Å²) >= 11 is 0. The van der Waals surface area contributed by atoms with Gasteiger partial charge in [0, 0.05) is 13.0 Å². The van der Waals surface area contributed by atoms with Crippen molar-refractivity contribution in [1.29, 1.82) is 0 Å². The van der Waals surface area contributed by atoms with Crippen molar-refractivity contribution in [2.24, 2.45) is 11.8 Å². The molecule has 0 amide bonds. The topological polar surface area (TPSA) is 18.5 Å². The minimum Gasteiger partial charge on any atom is -0.355 e. The van der Waals surface area contributed by atoms with Crippen LogP contribution >= 0.6 is 0 Å². The molecule has 1 heterocycles. The van der Waals surface area contributed by atoms with Crippen LogP contribution in [0.3, 0.4) is 0 Å². The summed E-state index contributed by atoms with van der Waals surface area (Å²) in [5.41, 5.74) is 1.32. The van der Waals surface area contributed by atoms with Gasteiger partial charge >= 0.3 is 0 Å². The largest absolute Gasteiger partial charge is 0.355 e. The SMILES string of the molecule is COC1OC(C)(C2CCC2)C=C(C)C1C. The van der Waals surface area contributed by atoms with Crippen LogP contribution in [0, 0.1) is 11.8 Å². The molecule has 0 aromatic carbocycles. The Hall–Kier alpha value is -0.340. The van der Waals surface area contributed by atoms with E-state index in [4.69, 9.17) is 9.47 Å². The molecule has 0 bridgehead atoms. The van der Waals surface area contributed by atoms with Gasteiger partial charge in [-0.25, -0.2) is 0 Å². The molecule has 1 saturated carbocycles. The second-order valence-electron chi connectivity index (χ2n) is 5.21. The third-order valence-corrected chi connectivity index (χ3v) is 4.16. The van der Waals surface area contributed by atoms with Gasteiger partial charge in [-0.2, -0.15) is 0 Å². The van der Waals surface area contributed by atoms with E-state index in [1.807, 2.05) is 0 Å². The zero-order chi connectivity index (χ0) is 11.1. The molecule has 1 aliphatic heterocycles. The van der Waals surface area contributed by atoms with Crippen LogP contribution in [0.2, 0.25) is 0 Å². The van der Waals surface area contributed by atoms with Crippen molar-refractivity contribution in [1.82, 2.24) is 0 Å². The average molecular weight is 210 g/mol. The molecule has 1 aliphatic carbocycles. The molecule has 0 saturated heterocycles. The van der Waals surface area contributed by atoms with Crippen molar-refractivity contribution in [2.75, 3.05) is 7.11 Å². The number of methoxy groups -OCH3 is 1. The average Bonchev–Trinajstić information content (AvgIpc) is 2.08. The maximum Gasteiger partial charge on any atom is 0.164 e. The third-order valence-electron chi connectivity index (χ3n) is 4.16. The lowest BCUT2D eigenvalue weighted by molar-refractivity contribution is -0.225. The Balaban J connectivity index is 2.19. The van der Waals surface area contributed by atoms with E-state index in [1.54, 1.807) is 7.11 Å². The molecule has 0 N–H and O–H groups in total. The number of rotatable bonds is 2. The van der Waals surface area contributed by atoms with Gasteiger partial charge in [0.25, 0.3) is 0 Å². The minimum absolute atomic E-state index is 0.0689. The third kappa shape index (κ3) is 1.85. The van der Waals surface area contributed by atoms with Crippen LogP contribution in [0.25, 0.3) is 0 Å². The minimum atomic E-state index is -0.0878. The molecular weight excluding hydrogens is 188 g/mol. The van der Waals surface area contributed by atoms with Gasteiger partial charge in [0.2, 0.25) is 0 Å². The lowest BCUT2D eigenvalue weighted by Gasteiger charge is -2.47. The fourth-order valence-corrected chi connectivity index (χ4v) is 2.63. The van der Waals surface area contributed by atoms with E-state index in [0.29, 0.717) is 11.8 Å². The second-order valence-corrected chi connectivity index (χ2v) is 5.21. The maximum absolute atomic E-state index is 6.11. The Morgan fingerprint density at radius 2 is 2.13 bits per heavy atom. The maximum atomic E-state index is 6.11. The quantitative estimate of drug-likeness (QED) is 0.652. The lowest BCUT2D eigenvalue weighted by Crippen LogP contribution is -2.48. The van der Waals surface area contributed by atoms with Crippen molar-refractivity contribution >= 4 is 0 Å². The van der Waals surface area contributed by atoms with E-state index in [0.717, 1.165) is 0 Å². The van der Waals surface area contributed by atoms with E-state index >= 15 is 0 Å². The molecule has 2 nitrogen and oxygen atoms in total. The van der Waals surface area contributed by atoms with Gasteiger partial charge in [-0.3, -0.25) is 0 Å². The van der Waals surface area contributed by atoms with Crippen molar-refractivity contribution in [3.63, 3.8) is 0 Å². The summed E-state index contributed by atoms with van der Waals surface area (Å²) < 4.78 is 11.5. The van der Waals surface area contributed by atoms with Gasteiger partial charge in [0.15, 0.2) is 6.29 Å². The first-order valence-electron chi connectivity index (χ1n) is 5.97. The summed E-state index contributed by atoms with van der Waals surface area (Å²) in [6, 6.07) is 0. The molecule has 2 aliphatic rings. The molecule has 86 valence electrons. The Labute approximate surface area is 92.6 Å². The van der Waals surface area contributed by atoms with Gasteiger partial charge in [-0.15, -0.1) is 0 Å². The summed E-state index contributed by atoms with van der Waals surface area (Å²) in [5.74, 6) is 1.07. The summed E-state index contributed by atoms with van der Waals surface area (Å²) in [6.07, 6.45) is 6.19. The van der Waals surface area contributed by atoms with E-state index < -0.39 is 0 Å². The van der Waals surface area contributed by atoms with E-state index in [1.165, 1.54) is 24.8 Å². The fraction of sp³-hybridized carbons (Fsp3) is 0.846. The van der Waals surface area contributed by atoms with Crippen LogP contribution in [0.5, 0.6) is 0 Å². The van der Waals surface area contributed by atoms with Crippen LogP contribution < -0.4 is 0 Å². The van der Waals surface area contributed by atoms with Crippen molar-refractivity contribution in [3.8, 4) is 0 Å². The highest BCUT2D eigenvalue weighted by Crippen LogP contribution is 2.44. The molecule has 3 atom stereocenters. The summed E-state index contributed by atoms with van der Waals surface area (Å²) in [5, 5.41) is 0. The van der Waals surface area contributed by atoms with E-state index in [-0.39, 0.29) is 11.9 Å². The van der Waals surface area contributed by atoms with Crippen LogP contribution in [-0.4, -0.2) is 19.0 Å². The molecule has 2 rings (SSSR count). The molecule has 2 heteroatoms.